The number of alkyl halides is 3. The summed E-state index contributed by atoms with van der Waals surface area (Å²) in [5.74, 6) is -0.470. The molecule has 0 bridgehead atoms. The van der Waals surface area contributed by atoms with Crippen LogP contribution in [0.1, 0.15) is 18.0 Å². The van der Waals surface area contributed by atoms with Crippen molar-refractivity contribution in [1.82, 2.24) is 0 Å². The Morgan fingerprint density at radius 1 is 1.31 bits per heavy atom. The lowest BCUT2D eigenvalue weighted by molar-refractivity contribution is -0.138. The molecule has 1 rings (SSSR count). The Labute approximate surface area is 99.8 Å². The normalized spacial score (nSPS) is 13.9. The molecule has 0 aromatic heterocycles. The number of hydrogen-bond donors (Lipinski definition) is 2. The standard InChI is InChI=1S/C9H8Cl2F3NO/c10-4-1-5(8(16)6(11)2-4)7(15)3-9(12,13)14/h1-2,7,16H,3,15H2/t7-/m0/s1. The molecule has 0 aliphatic rings. The van der Waals surface area contributed by atoms with Crippen LogP contribution in [0.2, 0.25) is 10.0 Å². The quantitative estimate of drug-likeness (QED) is 0.864. The molecule has 0 fully saturated rings. The van der Waals surface area contributed by atoms with E-state index in [0.29, 0.717) is 0 Å². The van der Waals surface area contributed by atoms with E-state index >= 15 is 0 Å². The molecule has 0 saturated carbocycles. The van der Waals surface area contributed by atoms with Gasteiger partial charge in [0.1, 0.15) is 5.75 Å². The van der Waals surface area contributed by atoms with Gasteiger partial charge in [-0.25, -0.2) is 0 Å². The lowest BCUT2D eigenvalue weighted by atomic mass is 10.0. The average molecular weight is 274 g/mol. The molecule has 0 amide bonds. The summed E-state index contributed by atoms with van der Waals surface area (Å²) in [4.78, 5) is 0. The van der Waals surface area contributed by atoms with Crippen molar-refractivity contribution in [3.05, 3.63) is 27.7 Å². The van der Waals surface area contributed by atoms with Crippen molar-refractivity contribution in [1.29, 1.82) is 0 Å². The van der Waals surface area contributed by atoms with Crippen molar-refractivity contribution in [2.45, 2.75) is 18.6 Å². The van der Waals surface area contributed by atoms with E-state index in [1.54, 1.807) is 0 Å². The van der Waals surface area contributed by atoms with E-state index in [-0.39, 0.29) is 15.6 Å². The number of aromatic hydroxyl groups is 1. The van der Waals surface area contributed by atoms with Crippen LogP contribution in [0.4, 0.5) is 13.2 Å². The fourth-order valence-electron chi connectivity index (χ4n) is 1.23. The lowest BCUT2D eigenvalue weighted by Gasteiger charge is -2.16. The van der Waals surface area contributed by atoms with Gasteiger partial charge in [-0.1, -0.05) is 23.2 Å². The number of phenols is 1. The summed E-state index contributed by atoms with van der Waals surface area (Å²) >= 11 is 11.2. The van der Waals surface area contributed by atoms with Crippen LogP contribution in [0.5, 0.6) is 5.75 Å². The second kappa shape index (κ2) is 4.69. The summed E-state index contributed by atoms with van der Waals surface area (Å²) in [5, 5.41) is 9.45. The number of benzene rings is 1. The lowest BCUT2D eigenvalue weighted by Crippen LogP contribution is -2.20. The predicted molar refractivity (Wildman–Crippen MR) is 55.7 cm³/mol. The largest absolute Gasteiger partial charge is 0.506 e. The summed E-state index contributed by atoms with van der Waals surface area (Å²) in [5.41, 5.74) is 5.21. The van der Waals surface area contributed by atoms with Gasteiger partial charge in [-0.05, 0) is 12.1 Å². The number of nitrogens with two attached hydrogens (primary N) is 1. The van der Waals surface area contributed by atoms with E-state index < -0.39 is 24.4 Å². The van der Waals surface area contributed by atoms with Crippen molar-refractivity contribution in [3.8, 4) is 5.75 Å². The van der Waals surface area contributed by atoms with E-state index in [1.165, 1.54) is 12.1 Å². The Kier molecular flexibility index (Phi) is 3.93. The molecule has 0 aliphatic carbocycles. The van der Waals surface area contributed by atoms with Crippen molar-refractivity contribution in [2.75, 3.05) is 0 Å². The van der Waals surface area contributed by atoms with Crippen LogP contribution >= 0.6 is 23.2 Å². The van der Waals surface area contributed by atoms with Crippen LogP contribution in [0.25, 0.3) is 0 Å². The number of hydrogen-bond acceptors (Lipinski definition) is 2. The third-order valence-corrected chi connectivity index (χ3v) is 2.41. The summed E-state index contributed by atoms with van der Waals surface area (Å²) in [6.45, 7) is 0. The molecule has 2 nitrogen and oxygen atoms in total. The van der Waals surface area contributed by atoms with Crippen molar-refractivity contribution >= 4 is 23.2 Å². The van der Waals surface area contributed by atoms with Crippen LogP contribution in [0, 0.1) is 0 Å². The minimum absolute atomic E-state index is 0.116. The van der Waals surface area contributed by atoms with E-state index in [1.807, 2.05) is 0 Å². The van der Waals surface area contributed by atoms with E-state index in [4.69, 9.17) is 28.9 Å². The zero-order valence-corrected chi connectivity index (χ0v) is 9.37. The van der Waals surface area contributed by atoms with Crippen molar-refractivity contribution in [2.24, 2.45) is 5.73 Å². The average Bonchev–Trinajstić information content (AvgIpc) is 2.08. The predicted octanol–water partition coefficient (Wildman–Crippen LogP) is 3.65. The molecular formula is C9H8Cl2F3NO. The first-order chi connectivity index (χ1) is 7.20. The van der Waals surface area contributed by atoms with Gasteiger partial charge in [0.25, 0.3) is 0 Å². The molecule has 1 aromatic rings. The number of halogens is 5. The van der Waals surface area contributed by atoms with Crippen molar-refractivity contribution < 1.29 is 18.3 Å². The molecule has 16 heavy (non-hydrogen) atoms. The first-order valence-electron chi connectivity index (χ1n) is 4.21. The Hall–Kier alpha value is -0.650. The fourth-order valence-corrected chi connectivity index (χ4v) is 1.74. The molecule has 90 valence electrons. The monoisotopic (exact) mass is 273 g/mol. The SMILES string of the molecule is N[C@@H](CC(F)(F)F)c1cc(Cl)cc(Cl)c1O. The molecule has 0 unspecified atom stereocenters. The first kappa shape index (κ1) is 13.4. The van der Waals surface area contributed by atoms with Gasteiger partial charge in [-0.3, -0.25) is 0 Å². The van der Waals surface area contributed by atoms with E-state index in [0.717, 1.165) is 0 Å². The highest BCUT2D eigenvalue weighted by Crippen LogP contribution is 2.37. The van der Waals surface area contributed by atoms with Gasteiger partial charge in [0.05, 0.1) is 11.4 Å². The highest BCUT2D eigenvalue weighted by atomic mass is 35.5. The molecule has 7 heteroatoms. The molecule has 0 saturated heterocycles. The molecule has 1 atom stereocenters. The van der Waals surface area contributed by atoms with Gasteiger partial charge in [0.15, 0.2) is 0 Å². The molecule has 0 heterocycles. The van der Waals surface area contributed by atoms with Crippen LogP contribution in [0.3, 0.4) is 0 Å². The minimum Gasteiger partial charge on any atom is -0.506 e. The van der Waals surface area contributed by atoms with E-state index in [9.17, 15) is 18.3 Å². The van der Waals surface area contributed by atoms with Crippen LogP contribution < -0.4 is 5.73 Å². The van der Waals surface area contributed by atoms with Gasteiger partial charge in [0.2, 0.25) is 0 Å². The first-order valence-corrected chi connectivity index (χ1v) is 4.96. The molecule has 0 radical (unpaired) electrons. The zero-order valence-electron chi connectivity index (χ0n) is 7.85. The molecule has 1 aromatic carbocycles. The highest BCUT2D eigenvalue weighted by Gasteiger charge is 2.32. The third-order valence-electron chi connectivity index (χ3n) is 1.91. The fraction of sp³-hybridized carbons (Fsp3) is 0.333. The molecule has 3 N–H and O–H groups in total. The molecule has 0 spiro atoms. The summed E-state index contributed by atoms with van der Waals surface area (Å²) in [6, 6.07) is 0.998. The van der Waals surface area contributed by atoms with Crippen LogP contribution in [-0.2, 0) is 0 Å². The Balaban J connectivity index is 3.04. The number of rotatable bonds is 2. The van der Waals surface area contributed by atoms with E-state index in [2.05, 4.69) is 0 Å². The summed E-state index contributed by atoms with van der Waals surface area (Å²) < 4.78 is 36.3. The number of phenolic OH excluding ortho intramolecular Hbond substituents is 1. The van der Waals surface area contributed by atoms with Crippen molar-refractivity contribution in [3.63, 3.8) is 0 Å². The Morgan fingerprint density at radius 3 is 2.38 bits per heavy atom. The molecular weight excluding hydrogens is 266 g/mol. The van der Waals surface area contributed by atoms with Gasteiger partial charge in [-0.15, -0.1) is 0 Å². The maximum atomic E-state index is 12.1. The second-order valence-corrected chi connectivity index (χ2v) is 4.09. The van der Waals surface area contributed by atoms with Crippen LogP contribution in [0.15, 0.2) is 12.1 Å². The maximum absolute atomic E-state index is 12.1. The van der Waals surface area contributed by atoms with Gasteiger partial charge in [0, 0.05) is 16.6 Å². The van der Waals surface area contributed by atoms with Gasteiger partial charge < -0.3 is 10.8 Å². The second-order valence-electron chi connectivity index (χ2n) is 3.25. The summed E-state index contributed by atoms with van der Waals surface area (Å²) in [6.07, 6.45) is -5.67. The summed E-state index contributed by atoms with van der Waals surface area (Å²) in [7, 11) is 0. The maximum Gasteiger partial charge on any atom is 0.390 e. The highest BCUT2D eigenvalue weighted by molar-refractivity contribution is 6.35. The minimum atomic E-state index is -4.42. The topological polar surface area (TPSA) is 46.2 Å². The smallest absolute Gasteiger partial charge is 0.390 e. The Bertz CT molecular complexity index is 395. The van der Waals surface area contributed by atoms with Crippen LogP contribution in [-0.4, -0.2) is 11.3 Å². The third kappa shape index (κ3) is 3.43. The zero-order chi connectivity index (χ0) is 12.5. The van der Waals surface area contributed by atoms with Gasteiger partial charge >= 0.3 is 6.18 Å². The van der Waals surface area contributed by atoms with Gasteiger partial charge in [-0.2, -0.15) is 13.2 Å². The molecule has 0 aliphatic heterocycles. The Morgan fingerprint density at radius 2 is 1.88 bits per heavy atom.